The van der Waals surface area contributed by atoms with E-state index in [2.05, 4.69) is 23.5 Å². The molecule has 0 radical (unpaired) electrons. The van der Waals surface area contributed by atoms with Crippen LogP contribution in [0.15, 0.2) is 42.5 Å². The Kier molecular flexibility index (Phi) is 3.05. The van der Waals surface area contributed by atoms with E-state index in [9.17, 15) is 4.79 Å². The lowest BCUT2D eigenvalue weighted by Gasteiger charge is -2.08. The van der Waals surface area contributed by atoms with E-state index in [4.69, 9.17) is 5.73 Å². The van der Waals surface area contributed by atoms with Crippen molar-refractivity contribution in [2.75, 3.05) is 11.9 Å². The number of primary amides is 1. The number of hydrogen-bond acceptors (Lipinski definition) is 2. The number of nitrogens with two attached hydrogens (primary N) is 1. The maximum absolute atomic E-state index is 10.6. The van der Waals surface area contributed by atoms with Gasteiger partial charge in [0.25, 0.3) is 0 Å². The van der Waals surface area contributed by atoms with Crippen molar-refractivity contribution in [2.45, 2.75) is 6.42 Å². The second kappa shape index (κ2) is 4.66. The standard InChI is InChI=1S/C13H14N2O/c14-13(16)8-9-15-12-7-3-5-10-4-1-2-6-11(10)12/h1-7,15H,8-9H2,(H2,14,16). The maximum atomic E-state index is 10.6. The van der Waals surface area contributed by atoms with Crippen molar-refractivity contribution in [3.63, 3.8) is 0 Å². The molecule has 0 heterocycles. The molecule has 3 heteroatoms. The van der Waals surface area contributed by atoms with Gasteiger partial charge in [-0.1, -0.05) is 36.4 Å². The lowest BCUT2D eigenvalue weighted by atomic mass is 10.1. The second-order valence-electron chi connectivity index (χ2n) is 3.67. The molecule has 0 unspecified atom stereocenters. The number of rotatable bonds is 4. The van der Waals surface area contributed by atoms with Gasteiger partial charge in [-0.15, -0.1) is 0 Å². The van der Waals surface area contributed by atoms with Gasteiger partial charge in [0.1, 0.15) is 0 Å². The van der Waals surface area contributed by atoms with Gasteiger partial charge in [-0.05, 0) is 11.5 Å². The van der Waals surface area contributed by atoms with Crippen molar-refractivity contribution in [2.24, 2.45) is 5.73 Å². The summed E-state index contributed by atoms with van der Waals surface area (Å²) < 4.78 is 0. The summed E-state index contributed by atoms with van der Waals surface area (Å²) in [6.45, 7) is 0.573. The predicted molar refractivity (Wildman–Crippen MR) is 66.2 cm³/mol. The number of hydrogen-bond donors (Lipinski definition) is 2. The molecule has 3 N–H and O–H groups in total. The van der Waals surface area contributed by atoms with Gasteiger partial charge in [0, 0.05) is 24.0 Å². The smallest absolute Gasteiger partial charge is 0.219 e. The monoisotopic (exact) mass is 214 g/mol. The minimum atomic E-state index is -0.285. The Bertz CT molecular complexity index is 503. The molecule has 2 aromatic carbocycles. The molecule has 1 amide bonds. The third-order valence-corrected chi connectivity index (χ3v) is 2.48. The van der Waals surface area contributed by atoms with E-state index in [-0.39, 0.29) is 5.91 Å². The van der Waals surface area contributed by atoms with Gasteiger partial charge in [-0.25, -0.2) is 0 Å². The molecule has 0 saturated heterocycles. The molecule has 0 atom stereocenters. The summed E-state index contributed by atoms with van der Waals surface area (Å²) >= 11 is 0. The van der Waals surface area contributed by atoms with Crippen molar-refractivity contribution in [3.05, 3.63) is 42.5 Å². The van der Waals surface area contributed by atoms with Crippen LogP contribution in [0.1, 0.15) is 6.42 Å². The molecular weight excluding hydrogens is 200 g/mol. The Balaban J connectivity index is 2.20. The average Bonchev–Trinajstić information content (AvgIpc) is 2.29. The summed E-state index contributed by atoms with van der Waals surface area (Å²) in [4.78, 5) is 10.6. The number of anilines is 1. The molecule has 0 bridgehead atoms. The largest absolute Gasteiger partial charge is 0.384 e. The van der Waals surface area contributed by atoms with E-state index in [1.54, 1.807) is 0 Å². The highest BCUT2D eigenvalue weighted by molar-refractivity contribution is 5.93. The zero-order valence-electron chi connectivity index (χ0n) is 8.94. The van der Waals surface area contributed by atoms with Gasteiger partial charge in [-0.3, -0.25) is 4.79 Å². The van der Waals surface area contributed by atoms with Crippen LogP contribution < -0.4 is 11.1 Å². The Morgan fingerprint density at radius 2 is 1.88 bits per heavy atom. The van der Waals surface area contributed by atoms with Crippen molar-refractivity contribution in [3.8, 4) is 0 Å². The maximum Gasteiger partial charge on any atom is 0.219 e. The number of carbonyl (C=O) groups is 1. The van der Waals surface area contributed by atoms with Gasteiger partial charge in [0.2, 0.25) is 5.91 Å². The highest BCUT2D eigenvalue weighted by Gasteiger charge is 1.99. The fraction of sp³-hybridized carbons (Fsp3) is 0.154. The topological polar surface area (TPSA) is 55.1 Å². The third-order valence-electron chi connectivity index (χ3n) is 2.48. The Morgan fingerprint density at radius 1 is 1.12 bits per heavy atom. The molecule has 3 nitrogen and oxygen atoms in total. The van der Waals surface area contributed by atoms with E-state index in [1.165, 1.54) is 5.39 Å². The molecular formula is C13H14N2O. The molecule has 82 valence electrons. The first kappa shape index (κ1) is 10.5. The number of benzene rings is 2. The fourth-order valence-corrected chi connectivity index (χ4v) is 1.70. The Labute approximate surface area is 94.3 Å². The summed E-state index contributed by atoms with van der Waals surface area (Å²) in [5.74, 6) is -0.285. The van der Waals surface area contributed by atoms with Crippen LogP contribution >= 0.6 is 0 Å². The second-order valence-corrected chi connectivity index (χ2v) is 3.67. The van der Waals surface area contributed by atoms with Crippen LogP contribution in [0.2, 0.25) is 0 Å². The SMILES string of the molecule is NC(=O)CCNc1cccc2ccccc12. The van der Waals surface area contributed by atoms with Crippen LogP contribution in [0.5, 0.6) is 0 Å². The van der Waals surface area contributed by atoms with Crippen LogP contribution in [0, 0.1) is 0 Å². The predicted octanol–water partition coefficient (Wildman–Crippen LogP) is 2.13. The molecule has 0 saturated carbocycles. The molecule has 0 fully saturated rings. The van der Waals surface area contributed by atoms with Crippen LogP contribution in [0.3, 0.4) is 0 Å². The molecule has 0 aromatic heterocycles. The number of fused-ring (bicyclic) bond motifs is 1. The van der Waals surface area contributed by atoms with E-state index in [0.717, 1.165) is 11.1 Å². The lowest BCUT2D eigenvalue weighted by molar-refractivity contribution is -0.117. The summed E-state index contributed by atoms with van der Waals surface area (Å²) in [5, 5.41) is 5.57. The molecule has 2 aromatic rings. The first-order chi connectivity index (χ1) is 7.77. The first-order valence-electron chi connectivity index (χ1n) is 5.27. The van der Waals surface area contributed by atoms with E-state index >= 15 is 0 Å². The van der Waals surface area contributed by atoms with Crippen LogP contribution in [0.25, 0.3) is 10.8 Å². The van der Waals surface area contributed by atoms with Gasteiger partial charge in [-0.2, -0.15) is 0 Å². The number of nitrogens with one attached hydrogen (secondary N) is 1. The van der Waals surface area contributed by atoms with E-state index in [1.807, 2.05) is 24.3 Å². The van der Waals surface area contributed by atoms with Gasteiger partial charge >= 0.3 is 0 Å². The van der Waals surface area contributed by atoms with Gasteiger partial charge < -0.3 is 11.1 Å². The highest BCUT2D eigenvalue weighted by atomic mass is 16.1. The van der Waals surface area contributed by atoms with Gasteiger partial charge in [0.05, 0.1) is 0 Å². The zero-order chi connectivity index (χ0) is 11.4. The highest BCUT2D eigenvalue weighted by Crippen LogP contribution is 2.22. The average molecular weight is 214 g/mol. The summed E-state index contributed by atoms with van der Waals surface area (Å²) in [6.07, 6.45) is 0.350. The molecule has 0 aliphatic rings. The Morgan fingerprint density at radius 3 is 2.69 bits per heavy atom. The van der Waals surface area contributed by atoms with E-state index in [0.29, 0.717) is 13.0 Å². The molecule has 0 aliphatic carbocycles. The number of carbonyl (C=O) groups excluding carboxylic acids is 1. The van der Waals surface area contributed by atoms with Crippen LogP contribution in [-0.2, 0) is 4.79 Å². The van der Waals surface area contributed by atoms with Crippen molar-refractivity contribution in [1.82, 2.24) is 0 Å². The fourth-order valence-electron chi connectivity index (χ4n) is 1.70. The molecule has 2 rings (SSSR count). The summed E-state index contributed by atoms with van der Waals surface area (Å²) in [5.41, 5.74) is 6.13. The van der Waals surface area contributed by atoms with Crippen molar-refractivity contribution >= 4 is 22.4 Å². The summed E-state index contributed by atoms with van der Waals surface area (Å²) in [7, 11) is 0. The minimum absolute atomic E-state index is 0.285. The van der Waals surface area contributed by atoms with E-state index < -0.39 is 0 Å². The van der Waals surface area contributed by atoms with Crippen LogP contribution in [0.4, 0.5) is 5.69 Å². The third kappa shape index (κ3) is 2.31. The van der Waals surface area contributed by atoms with Gasteiger partial charge in [0.15, 0.2) is 0 Å². The minimum Gasteiger partial charge on any atom is -0.384 e. The lowest BCUT2D eigenvalue weighted by Crippen LogP contribution is -2.15. The van der Waals surface area contributed by atoms with Crippen LogP contribution in [-0.4, -0.2) is 12.5 Å². The Hall–Kier alpha value is -2.03. The normalized spacial score (nSPS) is 10.2. The first-order valence-corrected chi connectivity index (χ1v) is 5.27. The van der Waals surface area contributed by atoms with Crippen molar-refractivity contribution < 1.29 is 4.79 Å². The zero-order valence-corrected chi connectivity index (χ0v) is 8.94. The van der Waals surface area contributed by atoms with Crippen molar-refractivity contribution in [1.29, 1.82) is 0 Å². The molecule has 16 heavy (non-hydrogen) atoms. The molecule has 0 aliphatic heterocycles. The summed E-state index contributed by atoms with van der Waals surface area (Å²) in [6, 6.07) is 14.2. The quantitative estimate of drug-likeness (QED) is 0.819. The molecule has 0 spiro atoms. The number of amides is 1.